The summed E-state index contributed by atoms with van der Waals surface area (Å²) in [7, 11) is 2.80. The minimum atomic E-state index is -0.575. The number of ether oxygens (including phenoxy) is 2. The number of carbonyl (C=O) groups excluding carboxylic acids is 2. The summed E-state index contributed by atoms with van der Waals surface area (Å²) in [6.45, 7) is 0. The van der Waals surface area contributed by atoms with Crippen molar-refractivity contribution in [3.8, 4) is 5.75 Å². The molecule has 0 atom stereocenters. The molecule has 1 aromatic heterocycles. The summed E-state index contributed by atoms with van der Waals surface area (Å²) in [5, 5.41) is 0.673. The van der Waals surface area contributed by atoms with E-state index in [1.807, 2.05) is 0 Å². The van der Waals surface area contributed by atoms with Crippen LogP contribution in [-0.4, -0.2) is 31.0 Å². The molecule has 0 aliphatic heterocycles. The Balaban J connectivity index is 2.48. The molecule has 1 aromatic carbocycles. The van der Waals surface area contributed by atoms with Gasteiger partial charge in [0.25, 0.3) is 0 Å². The van der Waals surface area contributed by atoms with Crippen molar-refractivity contribution in [2.24, 2.45) is 0 Å². The maximum atomic E-state index is 12.1. The lowest BCUT2D eigenvalue weighted by molar-refractivity contribution is -0.134. The minimum absolute atomic E-state index is 0.295. The van der Waals surface area contributed by atoms with Gasteiger partial charge in [-0.15, -0.1) is 0 Å². The first-order valence-corrected chi connectivity index (χ1v) is 5.89. The summed E-state index contributed by atoms with van der Waals surface area (Å²) in [5.74, 6) is -0.278. The van der Waals surface area contributed by atoms with Gasteiger partial charge in [0, 0.05) is 23.2 Å². The van der Waals surface area contributed by atoms with E-state index in [1.165, 1.54) is 13.2 Å². The van der Waals surface area contributed by atoms with Crippen LogP contribution in [0.15, 0.2) is 42.6 Å². The Morgan fingerprint density at radius 1 is 1.15 bits per heavy atom. The van der Waals surface area contributed by atoms with E-state index in [-0.39, 0.29) is 5.78 Å². The van der Waals surface area contributed by atoms with Crippen LogP contribution in [0.3, 0.4) is 0 Å². The SMILES string of the molecule is COC(=O)/C=C/C(=O)c1ccc(OC)c2ncccc12. The van der Waals surface area contributed by atoms with Gasteiger partial charge in [-0.05, 0) is 24.3 Å². The van der Waals surface area contributed by atoms with Crippen LogP contribution in [0.25, 0.3) is 10.9 Å². The molecule has 0 amide bonds. The summed E-state index contributed by atoms with van der Waals surface area (Å²) in [5.41, 5.74) is 1.06. The predicted octanol–water partition coefficient (Wildman–Crippen LogP) is 2.16. The quantitative estimate of drug-likeness (QED) is 0.484. The summed E-state index contributed by atoms with van der Waals surface area (Å²) in [6.07, 6.45) is 3.90. The molecule has 0 aliphatic carbocycles. The fourth-order valence-electron chi connectivity index (χ4n) is 1.83. The zero-order valence-electron chi connectivity index (χ0n) is 11.1. The molecule has 1 heterocycles. The van der Waals surface area contributed by atoms with E-state index < -0.39 is 5.97 Å². The number of aromatic nitrogens is 1. The molecule has 0 aliphatic rings. The second kappa shape index (κ2) is 5.97. The number of pyridine rings is 1. The number of benzene rings is 1. The third-order valence-corrected chi connectivity index (χ3v) is 2.79. The van der Waals surface area contributed by atoms with Gasteiger partial charge in [0.1, 0.15) is 11.3 Å². The molecule has 0 fully saturated rings. The second-order valence-electron chi connectivity index (χ2n) is 3.94. The van der Waals surface area contributed by atoms with Crippen molar-refractivity contribution >= 4 is 22.7 Å². The summed E-state index contributed by atoms with van der Waals surface area (Å²) >= 11 is 0. The molecule has 102 valence electrons. The van der Waals surface area contributed by atoms with E-state index in [9.17, 15) is 9.59 Å². The lowest BCUT2D eigenvalue weighted by Gasteiger charge is -2.07. The van der Waals surface area contributed by atoms with Crippen molar-refractivity contribution < 1.29 is 19.1 Å². The van der Waals surface area contributed by atoms with Crippen molar-refractivity contribution in [1.82, 2.24) is 4.98 Å². The van der Waals surface area contributed by atoms with Crippen molar-refractivity contribution in [3.05, 3.63) is 48.2 Å². The monoisotopic (exact) mass is 271 g/mol. The highest BCUT2D eigenvalue weighted by Crippen LogP contribution is 2.26. The molecule has 0 N–H and O–H groups in total. The van der Waals surface area contributed by atoms with Crippen LogP contribution in [0.2, 0.25) is 0 Å². The van der Waals surface area contributed by atoms with Crippen molar-refractivity contribution in [1.29, 1.82) is 0 Å². The number of rotatable bonds is 4. The van der Waals surface area contributed by atoms with E-state index >= 15 is 0 Å². The molecule has 0 radical (unpaired) electrons. The van der Waals surface area contributed by atoms with E-state index in [0.717, 1.165) is 6.08 Å². The molecule has 0 saturated carbocycles. The minimum Gasteiger partial charge on any atom is -0.494 e. The van der Waals surface area contributed by atoms with E-state index in [0.29, 0.717) is 22.2 Å². The van der Waals surface area contributed by atoms with E-state index in [1.54, 1.807) is 37.6 Å². The number of fused-ring (bicyclic) bond motifs is 1. The molecule has 5 heteroatoms. The highest BCUT2D eigenvalue weighted by Gasteiger charge is 2.11. The first-order chi connectivity index (χ1) is 9.67. The third kappa shape index (κ3) is 2.66. The molecular formula is C15H13NO4. The Labute approximate surface area is 115 Å². The van der Waals surface area contributed by atoms with Crippen LogP contribution >= 0.6 is 0 Å². The number of nitrogens with zero attached hydrogens (tertiary/aromatic N) is 1. The van der Waals surface area contributed by atoms with Gasteiger partial charge in [-0.3, -0.25) is 9.78 Å². The number of hydrogen-bond acceptors (Lipinski definition) is 5. The van der Waals surface area contributed by atoms with Gasteiger partial charge in [0.2, 0.25) is 0 Å². The van der Waals surface area contributed by atoms with Gasteiger partial charge < -0.3 is 9.47 Å². The van der Waals surface area contributed by atoms with Gasteiger partial charge >= 0.3 is 5.97 Å². The average Bonchev–Trinajstić information content (AvgIpc) is 2.51. The molecule has 2 rings (SSSR count). The smallest absolute Gasteiger partial charge is 0.330 e. The zero-order chi connectivity index (χ0) is 14.5. The van der Waals surface area contributed by atoms with Gasteiger partial charge in [0.15, 0.2) is 5.78 Å². The van der Waals surface area contributed by atoms with Gasteiger partial charge in [-0.2, -0.15) is 0 Å². The Morgan fingerprint density at radius 3 is 2.65 bits per heavy atom. The standard InChI is InChI=1S/C15H13NO4/c1-19-13-7-5-10(11-4-3-9-16-15(11)13)12(17)6-8-14(18)20-2/h3-9H,1-2H3/b8-6+. The van der Waals surface area contributed by atoms with Crippen LogP contribution in [0.1, 0.15) is 10.4 Å². The lowest BCUT2D eigenvalue weighted by Crippen LogP contribution is -2.01. The third-order valence-electron chi connectivity index (χ3n) is 2.79. The van der Waals surface area contributed by atoms with Crippen molar-refractivity contribution in [2.45, 2.75) is 0 Å². The molecular weight excluding hydrogens is 258 g/mol. The highest BCUT2D eigenvalue weighted by atomic mass is 16.5. The lowest BCUT2D eigenvalue weighted by atomic mass is 10.0. The van der Waals surface area contributed by atoms with E-state index in [4.69, 9.17) is 4.74 Å². The summed E-state index contributed by atoms with van der Waals surface area (Å²) < 4.78 is 9.66. The Bertz CT molecular complexity index is 691. The van der Waals surface area contributed by atoms with E-state index in [2.05, 4.69) is 9.72 Å². The number of allylic oxidation sites excluding steroid dienone is 1. The second-order valence-corrected chi connectivity index (χ2v) is 3.94. The summed E-state index contributed by atoms with van der Waals surface area (Å²) in [6, 6.07) is 6.84. The fraction of sp³-hybridized carbons (Fsp3) is 0.133. The Hall–Kier alpha value is -2.69. The number of esters is 1. The topological polar surface area (TPSA) is 65.5 Å². The molecule has 0 unspecified atom stereocenters. The van der Waals surface area contributed by atoms with Crippen LogP contribution in [-0.2, 0) is 9.53 Å². The van der Waals surface area contributed by atoms with Gasteiger partial charge in [-0.1, -0.05) is 6.07 Å². The van der Waals surface area contributed by atoms with Crippen LogP contribution in [0.4, 0.5) is 0 Å². The van der Waals surface area contributed by atoms with Crippen LogP contribution < -0.4 is 4.74 Å². The Kier molecular flexibility index (Phi) is 4.10. The summed E-state index contributed by atoms with van der Waals surface area (Å²) in [4.78, 5) is 27.3. The van der Waals surface area contributed by atoms with Crippen molar-refractivity contribution in [3.63, 3.8) is 0 Å². The normalized spacial score (nSPS) is 10.7. The fourth-order valence-corrected chi connectivity index (χ4v) is 1.83. The molecule has 20 heavy (non-hydrogen) atoms. The number of carbonyl (C=O) groups is 2. The first kappa shape index (κ1) is 13.7. The zero-order valence-corrected chi connectivity index (χ0v) is 11.1. The number of ketones is 1. The predicted molar refractivity (Wildman–Crippen MR) is 73.8 cm³/mol. The highest BCUT2D eigenvalue weighted by molar-refractivity contribution is 6.14. The molecule has 2 aromatic rings. The number of hydrogen-bond donors (Lipinski definition) is 0. The maximum absolute atomic E-state index is 12.1. The largest absolute Gasteiger partial charge is 0.494 e. The molecule has 0 saturated heterocycles. The van der Waals surface area contributed by atoms with Crippen LogP contribution in [0.5, 0.6) is 5.75 Å². The van der Waals surface area contributed by atoms with Gasteiger partial charge in [0.05, 0.1) is 14.2 Å². The number of methoxy groups -OCH3 is 2. The van der Waals surface area contributed by atoms with Gasteiger partial charge in [-0.25, -0.2) is 4.79 Å². The molecule has 0 bridgehead atoms. The average molecular weight is 271 g/mol. The molecule has 5 nitrogen and oxygen atoms in total. The van der Waals surface area contributed by atoms with Crippen LogP contribution in [0, 0.1) is 0 Å². The first-order valence-electron chi connectivity index (χ1n) is 5.89. The van der Waals surface area contributed by atoms with Crippen molar-refractivity contribution in [2.75, 3.05) is 14.2 Å². The molecule has 0 spiro atoms. The Morgan fingerprint density at radius 2 is 1.95 bits per heavy atom. The maximum Gasteiger partial charge on any atom is 0.330 e.